The van der Waals surface area contributed by atoms with E-state index in [1.807, 2.05) is 49.4 Å². The summed E-state index contributed by atoms with van der Waals surface area (Å²) in [6, 6.07) is 22.3. The molecule has 1 N–H and O–H groups in total. The summed E-state index contributed by atoms with van der Waals surface area (Å²) in [6.45, 7) is 4.31. The van der Waals surface area contributed by atoms with Gasteiger partial charge in [-0.15, -0.1) is 0 Å². The molecule has 1 heterocycles. The van der Waals surface area contributed by atoms with Crippen LogP contribution in [0, 0.1) is 12.7 Å². The average Bonchev–Trinajstić information content (AvgIpc) is 2.88. The lowest BCUT2D eigenvalue weighted by atomic mass is 9.83. The lowest BCUT2D eigenvalue weighted by molar-refractivity contribution is -0.135. The largest absolute Gasteiger partial charge is 0.350 e. The van der Waals surface area contributed by atoms with Crippen molar-refractivity contribution in [3.63, 3.8) is 0 Å². The Labute approximate surface area is 210 Å². The van der Waals surface area contributed by atoms with Gasteiger partial charge in [0.25, 0.3) is 5.91 Å². The van der Waals surface area contributed by atoms with Crippen LogP contribution in [-0.4, -0.2) is 41.2 Å². The summed E-state index contributed by atoms with van der Waals surface area (Å²) in [4.78, 5) is 43.1. The van der Waals surface area contributed by atoms with E-state index in [4.69, 9.17) is 0 Å². The normalized spacial score (nSPS) is 14.7. The molecule has 0 atom stereocenters. The van der Waals surface area contributed by atoms with Crippen LogP contribution in [0.5, 0.6) is 0 Å². The number of carbonyl (C=O) groups is 3. The second-order valence-electron chi connectivity index (χ2n) is 9.19. The highest BCUT2D eigenvalue weighted by Crippen LogP contribution is 2.36. The summed E-state index contributed by atoms with van der Waals surface area (Å²) in [7, 11) is 0. The average molecular weight is 488 g/mol. The second kappa shape index (κ2) is 10.7. The topological polar surface area (TPSA) is 69.7 Å². The Morgan fingerprint density at radius 1 is 0.944 bits per heavy atom. The van der Waals surface area contributed by atoms with Crippen molar-refractivity contribution in [2.75, 3.05) is 18.0 Å². The van der Waals surface area contributed by atoms with Crippen molar-refractivity contribution in [1.29, 1.82) is 0 Å². The zero-order valence-electron chi connectivity index (χ0n) is 20.5. The number of halogens is 1. The Bertz CT molecular complexity index is 1240. The number of piperidine rings is 1. The van der Waals surface area contributed by atoms with E-state index in [-0.39, 0.29) is 31.2 Å². The van der Waals surface area contributed by atoms with E-state index in [2.05, 4.69) is 5.32 Å². The number of nitrogens with one attached hydrogen (secondary N) is 1. The molecule has 0 saturated carbocycles. The molecule has 0 radical (unpaired) electrons. The zero-order valence-corrected chi connectivity index (χ0v) is 20.5. The highest BCUT2D eigenvalue weighted by atomic mass is 19.1. The zero-order chi connectivity index (χ0) is 25.7. The standard InChI is InChI=1S/C29H30FN3O3/c1-21-11-13-24(14-12-21)27(35)33(26-10-6-9-25(30)19-26)29(15-17-32(18-16-29)22(2)34)28(36)31-20-23-7-4-3-5-8-23/h3-14,19H,15-18,20H2,1-2H3,(H,31,36). The summed E-state index contributed by atoms with van der Waals surface area (Å²) in [6.07, 6.45) is 0.447. The summed E-state index contributed by atoms with van der Waals surface area (Å²) < 4.78 is 14.4. The van der Waals surface area contributed by atoms with Crippen LogP contribution >= 0.6 is 0 Å². The maximum Gasteiger partial charge on any atom is 0.259 e. The number of rotatable bonds is 6. The first kappa shape index (κ1) is 25.1. The van der Waals surface area contributed by atoms with Crippen LogP contribution < -0.4 is 10.2 Å². The van der Waals surface area contributed by atoms with Crippen LogP contribution in [0.4, 0.5) is 10.1 Å². The molecule has 1 fully saturated rings. The van der Waals surface area contributed by atoms with Crippen LogP contribution in [-0.2, 0) is 16.1 Å². The molecule has 1 saturated heterocycles. The monoisotopic (exact) mass is 487 g/mol. The molecule has 1 aliphatic rings. The molecule has 0 aromatic heterocycles. The summed E-state index contributed by atoms with van der Waals surface area (Å²) in [5.41, 5.74) is 1.30. The van der Waals surface area contributed by atoms with Gasteiger partial charge in [-0.05, 0) is 55.7 Å². The van der Waals surface area contributed by atoms with Crippen molar-refractivity contribution in [2.24, 2.45) is 0 Å². The molecule has 6 nitrogen and oxygen atoms in total. The Morgan fingerprint density at radius 2 is 1.61 bits per heavy atom. The molecule has 0 aliphatic carbocycles. The lowest BCUT2D eigenvalue weighted by Gasteiger charge is -2.47. The molecule has 7 heteroatoms. The first-order valence-corrected chi connectivity index (χ1v) is 12.0. The second-order valence-corrected chi connectivity index (χ2v) is 9.19. The molecule has 3 aromatic rings. The van der Waals surface area contributed by atoms with Crippen molar-refractivity contribution in [2.45, 2.75) is 38.8 Å². The van der Waals surface area contributed by atoms with E-state index in [9.17, 15) is 18.8 Å². The van der Waals surface area contributed by atoms with E-state index >= 15 is 0 Å². The van der Waals surface area contributed by atoms with Gasteiger partial charge in [-0.2, -0.15) is 0 Å². The molecule has 186 valence electrons. The van der Waals surface area contributed by atoms with Crippen molar-refractivity contribution in [1.82, 2.24) is 10.2 Å². The molecule has 0 spiro atoms. The number of likely N-dealkylation sites (tertiary alicyclic amines) is 1. The number of hydrogen-bond donors (Lipinski definition) is 1. The van der Waals surface area contributed by atoms with Gasteiger partial charge >= 0.3 is 0 Å². The molecule has 36 heavy (non-hydrogen) atoms. The fourth-order valence-corrected chi connectivity index (χ4v) is 4.69. The number of benzene rings is 3. The summed E-state index contributed by atoms with van der Waals surface area (Å²) in [5.74, 6) is -1.32. The van der Waals surface area contributed by atoms with Gasteiger partial charge in [0.05, 0.1) is 0 Å². The maximum atomic E-state index is 14.4. The van der Waals surface area contributed by atoms with Crippen LogP contribution in [0.15, 0.2) is 78.9 Å². The maximum absolute atomic E-state index is 14.4. The van der Waals surface area contributed by atoms with Crippen molar-refractivity contribution < 1.29 is 18.8 Å². The molecule has 0 bridgehead atoms. The SMILES string of the molecule is CC(=O)N1CCC(C(=O)NCc2ccccc2)(N(C(=O)c2ccc(C)cc2)c2cccc(F)c2)CC1. The van der Waals surface area contributed by atoms with Crippen LogP contribution in [0.3, 0.4) is 0 Å². The highest BCUT2D eigenvalue weighted by molar-refractivity contribution is 6.11. The summed E-state index contributed by atoms with van der Waals surface area (Å²) in [5, 5.41) is 3.00. The van der Waals surface area contributed by atoms with Gasteiger partial charge in [-0.25, -0.2) is 4.39 Å². The van der Waals surface area contributed by atoms with Crippen molar-refractivity contribution in [3.05, 3.63) is 101 Å². The Balaban J connectivity index is 1.77. The third kappa shape index (κ3) is 5.30. The van der Waals surface area contributed by atoms with Crippen LogP contribution in [0.25, 0.3) is 0 Å². The molecule has 3 amide bonds. The number of anilines is 1. The quantitative estimate of drug-likeness (QED) is 0.558. The van der Waals surface area contributed by atoms with Crippen molar-refractivity contribution in [3.8, 4) is 0 Å². The van der Waals surface area contributed by atoms with Gasteiger partial charge in [-0.1, -0.05) is 54.1 Å². The smallest absolute Gasteiger partial charge is 0.259 e. The van der Waals surface area contributed by atoms with E-state index in [0.717, 1.165) is 11.1 Å². The molecular formula is C29H30FN3O3. The number of nitrogens with zero attached hydrogens (tertiary/aromatic N) is 2. The third-order valence-corrected chi connectivity index (χ3v) is 6.75. The van der Waals surface area contributed by atoms with Crippen LogP contribution in [0.2, 0.25) is 0 Å². The van der Waals surface area contributed by atoms with Crippen molar-refractivity contribution >= 4 is 23.4 Å². The number of carbonyl (C=O) groups excluding carboxylic acids is 3. The van der Waals surface area contributed by atoms with Crippen LogP contribution in [0.1, 0.15) is 41.3 Å². The number of amides is 3. The first-order chi connectivity index (χ1) is 17.3. The fourth-order valence-electron chi connectivity index (χ4n) is 4.69. The van der Waals surface area contributed by atoms with E-state index in [1.165, 1.54) is 30.0 Å². The summed E-state index contributed by atoms with van der Waals surface area (Å²) >= 11 is 0. The van der Waals surface area contributed by atoms with E-state index in [0.29, 0.717) is 24.3 Å². The number of hydrogen-bond acceptors (Lipinski definition) is 3. The Hall–Kier alpha value is -4.00. The Kier molecular flexibility index (Phi) is 7.48. The molecule has 4 rings (SSSR count). The molecular weight excluding hydrogens is 457 g/mol. The number of aryl methyl sites for hydroxylation is 1. The van der Waals surface area contributed by atoms with Gasteiger partial charge in [0.2, 0.25) is 11.8 Å². The highest BCUT2D eigenvalue weighted by Gasteiger charge is 2.49. The predicted octanol–water partition coefficient (Wildman–Crippen LogP) is 4.48. The lowest BCUT2D eigenvalue weighted by Crippen LogP contribution is -2.65. The van der Waals surface area contributed by atoms with Gasteiger partial charge < -0.3 is 10.2 Å². The van der Waals surface area contributed by atoms with Gasteiger partial charge in [-0.3, -0.25) is 19.3 Å². The molecule has 0 unspecified atom stereocenters. The fraction of sp³-hybridized carbons (Fsp3) is 0.276. The minimum absolute atomic E-state index is 0.0875. The van der Waals surface area contributed by atoms with Gasteiger partial charge in [0.15, 0.2) is 0 Å². The third-order valence-electron chi connectivity index (χ3n) is 6.75. The van der Waals surface area contributed by atoms with Gasteiger partial charge in [0.1, 0.15) is 11.4 Å². The first-order valence-electron chi connectivity index (χ1n) is 12.0. The molecule has 3 aromatic carbocycles. The van der Waals surface area contributed by atoms with Gasteiger partial charge in [0, 0.05) is 37.8 Å². The molecule has 1 aliphatic heterocycles. The van der Waals surface area contributed by atoms with E-state index in [1.54, 1.807) is 23.1 Å². The minimum atomic E-state index is -1.31. The predicted molar refractivity (Wildman–Crippen MR) is 137 cm³/mol. The minimum Gasteiger partial charge on any atom is -0.350 e. The Morgan fingerprint density at radius 3 is 2.22 bits per heavy atom. The van der Waals surface area contributed by atoms with E-state index < -0.39 is 17.3 Å².